The molecule has 2 atom stereocenters. The van der Waals surface area contributed by atoms with Gasteiger partial charge < -0.3 is 13.0 Å². The SMILES string of the molecule is C[Si]1(O[Si]2(C)Oc3ccccc3-c3ccccc32)Oc2ccccc2-c2ccccc21. The number of hydrogen-bond donors (Lipinski definition) is 0. The average molecular weight is 439 g/mol. The number of hydrogen-bond acceptors (Lipinski definition) is 3. The van der Waals surface area contributed by atoms with Crippen molar-refractivity contribution in [1.29, 1.82) is 0 Å². The Morgan fingerprint density at radius 1 is 0.484 bits per heavy atom. The summed E-state index contributed by atoms with van der Waals surface area (Å²) in [5, 5.41) is 2.31. The lowest BCUT2D eigenvalue weighted by Gasteiger charge is -2.42. The molecule has 2 heterocycles. The zero-order chi connectivity index (χ0) is 21.1. The molecule has 5 heteroatoms. The molecule has 0 fully saturated rings. The van der Waals surface area contributed by atoms with Crippen molar-refractivity contribution in [3.05, 3.63) is 97.1 Å². The summed E-state index contributed by atoms with van der Waals surface area (Å²) in [4.78, 5) is 0. The van der Waals surface area contributed by atoms with Crippen molar-refractivity contribution in [3.8, 4) is 33.8 Å². The third kappa shape index (κ3) is 2.81. The van der Waals surface area contributed by atoms with Gasteiger partial charge in [0.25, 0.3) is 0 Å². The summed E-state index contributed by atoms with van der Waals surface area (Å²) in [6, 6.07) is 33.4. The van der Waals surface area contributed by atoms with Crippen molar-refractivity contribution in [3.63, 3.8) is 0 Å². The largest absolute Gasteiger partial charge is 0.517 e. The summed E-state index contributed by atoms with van der Waals surface area (Å²) >= 11 is 0. The van der Waals surface area contributed by atoms with Crippen molar-refractivity contribution in [1.82, 2.24) is 0 Å². The topological polar surface area (TPSA) is 27.7 Å². The normalized spacial score (nSPS) is 22.8. The minimum absolute atomic E-state index is 0.887. The van der Waals surface area contributed by atoms with Crippen LogP contribution in [0.2, 0.25) is 13.1 Å². The highest BCUT2D eigenvalue weighted by atomic mass is 28.5. The van der Waals surface area contributed by atoms with Crippen molar-refractivity contribution >= 4 is 27.5 Å². The number of para-hydroxylation sites is 2. The fraction of sp³-hybridized carbons (Fsp3) is 0.0769. The standard InChI is InChI=1S/C26H22O3Si2/c1-30(25-17-9-5-13-21(25)19-11-3-7-15-23(19)27-30)29-31(2)26-18-10-6-14-22(26)20-12-4-8-16-24(20)28-31/h3-18H,1-2H3. The number of rotatable bonds is 2. The molecule has 4 aromatic carbocycles. The fourth-order valence-corrected chi connectivity index (χ4v) is 12.7. The predicted octanol–water partition coefficient (Wildman–Crippen LogP) is 5.08. The highest BCUT2D eigenvalue weighted by Gasteiger charge is 2.53. The first-order valence-corrected chi connectivity index (χ1v) is 15.2. The molecule has 0 spiro atoms. The third-order valence-electron chi connectivity index (χ3n) is 6.19. The van der Waals surface area contributed by atoms with Crippen LogP contribution in [0, 0.1) is 0 Å². The molecule has 0 aliphatic carbocycles. The van der Waals surface area contributed by atoms with Gasteiger partial charge in [0, 0.05) is 21.5 Å². The van der Waals surface area contributed by atoms with E-state index in [4.69, 9.17) is 13.0 Å². The Balaban J connectivity index is 1.50. The molecule has 0 radical (unpaired) electrons. The second kappa shape index (κ2) is 6.69. The van der Waals surface area contributed by atoms with E-state index in [0.717, 1.165) is 33.0 Å². The molecule has 6 rings (SSSR count). The quantitative estimate of drug-likeness (QED) is 0.409. The van der Waals surface area contributed by atoms with Crippen molar-refractivity contribution in [2.24, 2.45) is 0 Å². The Morgan fingerprint density at radius 2 is 0.839 bits per heavy atom. The molecule has 152 valence electrons. The van der Waals surface area contributed by atoms with Crippen LogP contribution < -0.4 is 19.2 Å². The van der Waals surface area contributed by atoms with Gasteiger partial charge in [-0.25, -0.2) is 0 Å². The predicted molar refractivity (Wildman–Crippen MR) is 129 cm³/mol. The molecule has 0 saturated heterocycles. The van der Waals surface area contributed by atoms with Gasteiger partial charge in [0.2, 0.25) is 0 Å². The van der Waals surface area contributed by atoms with Gasteiger partial charge in [-0.15, -0.1) is 0 Å². The second-order valence-corrected chi connectivity index (χ2v) is 14.4. The summed E-state index contributed by atoms with van der Waals surface area (Å²) in [5.74, 6) is 1.77. The van der Waals surface area contributed by atoms with Crippen LogP contribution in [-0.4, -0.2) is 17.1 Å². The molecule has 4 aromatic rings. The van der Waals surface area contributed by atoms with Crippen LogP contribution in [0.5, 0.6) is 11.5 Å². The minimum Gasteiger partial charge on any atom is -0.517 e. The van der Waals surface area contributed by atoms with Crippen LogP contribution in [0.1, 0.15) is 0 Å². The van der Waals surface area contributed by atoms with E-state index in [-0.39, 0.29) is 0 Å². The maximum absolute atomic E-state index is 7.11. The summed E-state index contributed by atoms with van der Waals surface area (Å²) in [6.07, 6.45) is 0. The first-order valence-electron chi connectivity index (χ1n) is 10.5. The van der Waals surface area contributed by atoms with Gasteiger partial charge in [-0.3, -0.25) is 0 Å². The lowest BCUT2D eigenvalue weighted by Crippen LogP contribution is -2.68. The Morgan fingerprint density at radius 3 is 1.29 bits per heavy atom. The molecule has 2 aliphatic rings. The molecular formula is C26H22O3Si2. The van der Waals surface area contributed by atoms with E-state index >= 15 is 0 Å². The van der Waals surface area contributed by atoms with Gasteiger partial charge >= 0.3 is 17.1 Å². The zero-order valence-corrected chi connectivity index (χ0v) is 19.5. The summed E-state index contributed by atoms with van der Waals surface area (Å²) in [5.41, 5.74) is 4.63. The molecule has 0 amide bonds. The Kier molecular flexibility index (Phi) is 4.02. The van der Waals surface area contributed by atoms with Gasteiger partial charge in [0.15, 0.2) is 0 Å². The fourth-order valence-electron chi connectivity index (χ4n) is 4.84. The molecule has 0 saturated carbocycles. The highest BCUT2D eigenvalue weighted by molar-refractivity contribution is 6.94. The van der Waals surface area contributed by atoms with E-state index in [9.17, 15) is 0 Å². The molecule has 2 unspecified atom stereocenters. The Bertz CT molecular complexity index is 1220. The van der Waals surface area contributed by atoms with Gasteiger partial charge in [-0.2, -0.15) is 0 Å². The van der Waals surface area contributed by atoms with Gasteiger partial charge in [0.05, 0.1) is 0 Å². The highest BCUT2D eigenvalue weighted by Crippen LogP contribution is 2.40. The zero-order valence-electron chi connectivity index (χ0n) is 17.5. The van der Waals surface area contributed by atoms with Crippen LogP contribution in [0.3, 0.4) is 0 Å². The van der Waals surface area contributed by atoms with Crippen LogP contribution in [-0.2, 0) is 4.12 Å². The lowest BCUT2D eigenvalue weighted by molar-refractivity contribution is 0.344. The van der Waals surface area contributed by atoms with E-state index in [1.54, 1.807) is 0 Å². The maximum Gasteiger partial charge on any atom is 0.423 e. The van der Waals surface area contributed by atoms with E-state index in [0.29, 0.717) is 0 Å². The molecule has 0 aromatic heterocycles. The molecule has 31 heavy (non-hydrogen) atoms. The molecular weight excluding hydrogens is 416 g/mol. The Hall–Kier alpha value is -3.13. The molecule has 0 N–H and O–H groups in total. The maximum atomic E-state index is 7.11. The summed E-state index contributed by atoms with van der Waals surface area (Å²) < 4.78 is 20.5. The van der Waals surface area contributed by atoms with Crippen LogP contribution in [0.4, 0.5) is 0 Å². The number of benzene rings is 4. The minimum atomic E-state index is -2.82. The van der Waals surface area contributed by atoms with E-state index in [2.05, 4.69) is 85.9 Å². The monoisotopic (exact) mass is 438 g/mol. The number of fused-ring (bicyclic) bond motifs is 6. The molecule has 2 aliphatic heterocycles. The first-order chi connectivity index (χ1) is 15.1. The van der Waals surface area contributed by atoms with Gasteiger partial charge in [-0.05, 0) is 36.4 Å². The molecule has 0 bridgehead atoms. The summed E-state index contributed by atoms with van der Waals surface area (Å²) in [7, 11) is -5.64. The van der Waals surface area contributed by atoms with E-state index in [1.807, 2.05) is 24.3 Å². The summed E-state index contributed by atoms with van der Waals surface area (Å²) in [6.45, 7) is 4.29. The van der Waals surface area contributed by atoms with Crippen LogP contribution in [0.15, 0.2) is 97.1 Å². The molecule has 3 nitrogen and oxygen atoms in total. The van der Waals surface area contributed by atoms with E-state index in [1.165, 1.54) is 11.1 Å². The van der Waals surface area contributed by atoms with Crippen molar-refractivity contribution in [2.75, 3.05) is 0 Å². The van der Waals surface area contributed by atoms with Crippen LogP contribution in [0.25, 0.3) is 22.3 Å². The van der Waals surface area contributed by atoms with Gasteiger partial charge in [-0.1, -0.05) is 84.9 Å². The van der Waals surface area contributed by atoms with Gasteiger partial charge in [0.1, 0.15) is 11.5 Å². The lowest BCUT2D eigenvalue weighted by atomic mass is 10.0. The van der Waals surface area contributed by atoms with Crippen LogP contribution >= 0.6 is 0 Å². The Labute approximate surface area is 184 Å². The third-order valence-corrected chi connectivity index (χ3v) is 13.4. The smallest absolute Gasteiger partial charge is 0.423 e. The first kappa shape index (κ1) is 18.6. The van der Waals surface area contributed by atoms with E-state index < -0.39 is 17.1 Å². The average Bonchev–Trinajstić information content (AvgIpc) is 2.79. The van der Waals surface area contributed by atoms with Crippen molar-refractivity contribution in [2.45, 2.75) is 13.1 Å². The second-order valence-electron chi connectivity index (χ2n) is 8.28. The van der Waals surface area contributed by atoms with Crippen molar-refractivity contribution < 1.29 is 13.0 Å².